The maximum Gasteiger partial charge on any atom is 0.148 e. The van der Waals surface area contributed by atoms with E-state index in [2.05, 4.69) is 20.6 Å². The van der Waals surface area contributed by atoms with Crippen LogP contribution in [0.25, 0.3) is 0 Å². The minimum absolute atomic E-state index is 0.686. The number of aromatic nitrogens is 4. The number of nitrogens with zero attached hydrogens (tertiary/aromatic N) is 3. The van der Waals surface area contributed by atoms with E-state index in [1.807, 2.05) is 27.1 Å². The van der Waals surface area contributed by atoms with Crippen molar-refractivity contribution < 1.29 is 0 Å². The highest BCUT2D eigenvalue weighted by atomic mass is 15.3. The topological polar surface area (TPSA) is 84.5 Å². The molecule has 0 fully saturated rings. The number of H-pyrrole nitrogens is 1. The molecule has 0 aliphatic rings. The highest BCUT2D eigenvalue weighted by Gasteiger charge is 2.09. The molecule has 0 aliphatic carbocycles. The van der Waals surface area contributed by atoms with Crippen molar-refractivity contribution in [3.05, 3.63) is 23.1 Å². The molecular weight excluding hydrogens is 204 g/mol. The summed E-state index contributed by atoms with van der Waals surface area (Å²) in [6.45, 7) is 4.57. The number of rotatable bonds is 3. The molecule has 0 saturated heterocycles. The van der Waals surface area contributed by atoms with Crippen LogP contribution in [0.3, 0.4) is 0 Å². The van der Waals surface area contributed by atoms with E-state index in [0.717, 1.165) is 22.8 Å². The summed E-state index contributed by atoms with van der Waals surface area (Å²) in [6, 6.07) is 0. The van der Waals surface area contributed by atoms with Gasteiger partial charge in [-0.05, 0) is 13.8 Å². The molecule has 0 amide bonds. The van der Waals surface area contributed by atoms with Gasteiger partial charge in [0.25, 0.3) is 0 Å². The van der Waals surface area contributed by atoms with Gasteiger partial charge in [-0.2, -0.15) is 10.2 Å². The molecular formula is C10H16N6. The van der Waals surface area contributed by atoms with E-state index < -0.39 is 0 Å². The third kappa shape index (κ3) is 1.73. The molecule has 86 valence electrons. The summed E-state index contributed by atoms with van der Waals surface area (Å²) in [5.41, 5.74) is 9.63. The summed E-state index contributed by atoms with van der Waals surface area (Å²) in [5, 5.41) is 14.4. The minimum Gasteiger partial charge on any atom is -0.394 e. The molecule has 6 heteroatoms. The molecule has 2 heterocycles. The Bertz CT molecular complexity index is 495. The van der Waals surface area contributed by atoms with Gasteiger partial charge in [0, 0.05) is 24.8 Å². The number of anilines is 2. The normalized spacial score (nSPS) is 10.7. The zero-order chi connectivity index (χ0) is 11.7. The molecule has 0 aromatic carbocycles. The second-order valence-corrected chi connectivity index (χ2v) is 3.85. The lowest BCUT2D eigenvalue weighted by atomic mass is 10.2. The Hall–Kier alpha value is -1.98. The lowest BCUT2D eigenvalue weighted by Crippen LogP contribution is -2.06. The summed E-state index contributed by atoms with van der Waals surface area (Å²) >= 11 is 0. The SMILES string of the molecule is Cc1nn(C)c(NCc2cn[nH]c2C)c1N. The fourth-order valence-electron chi connectivity index (χ4n) is 1.62. The van der Waals surface area contributed by atoms with E-state index in [1.54, 1.807) is 4.68 Å². The maximum atomic E-state index is 5.91. The predicted molar refractivity (Wildman–Crippen MR) is 63.0 cm³/mol. The summed E-state index contributed by atoms with van der Waals surface area (Å²) in [5.74, 6) is 0.845. The van der Waals surface area contributed by atoms with Crippen molar-refractivity contribution in [2.45, 2.75) is 20.4 Å². The zero-order valence-electron chi connectivity index (χ0n) is 9.70. The fourth-order valence-corrected chi connectivity index (χ4v) is 1.62. The van der Waals surface area contributed by atoms with Crippen LogP contribution in [0.1, 0.15) is 17.0 Å². The highest BCUT2D eigenvalue weighted by Crippen LogP contribution is 2.21. The van der Waals surface area contributed by atoms with Crippen LogP contribution >= 0.6 is 0 Å². The first-order chi connectivity index (χ1) is 7.59. The van der Waals surface area contributed by atoms with Crippen molar-refractivity contribution in [2.24, 2.45) is 7.05 Å². The Morgan fingerprint density at radius 3 is 2.75 bits per heavy atom. The van der Waals surface area contributed by atoms with E-state index in [9.17, 15) is 0 Å². The van der Waals surface area contributed by atoms with Gasteiger partial charge in [-0.25, -0.2) is 0 Å². The van der Waals surface area contributed by atoms with Crippen LogP contribution in [0, 0.1) is 13.8 Å². The minimum atomic E-state index is 0.686. The summed E-state index contributed by atoms with van der Waals surface area (Å²) in [4.78, 5) is 0. The van der Waals surface area contributed by atoms with Crippen LogP contribution in [0.2, 0.25) is 0 Å². The molecule has 16 heavy (non-hydrogen) atoms. The first-order valence-electron chi connectivity index (χ1n) is 5.11. The lowest BCUT2D eigenvalue weighted by molar-refractivity contribution is 0.758. The van der Waals surface area contributed by atoms with Gasteiger partial charge in [0.1, 0.15) is 5.82 Å². The van der Waals surface area contributed by atoms with Crippen LogP contribution in [0.4, 0.5) is 11.5 Å². The van der Waals surface area contributed by atoms with Crippen molar-refractivity contribution in [1.82, 2.24) is 20.0 Å². The Labute approximate surface area is 93.8 Å². The van der Waals surface area contributed by atoms with Crippen LogP contribution in [0.5, 0.6) is 0 Å². The average molecular weight is 220 g/mol. The smallest absolute Gasteiger partial charge is 0.148 e. The number of aromatic amines is 1. The van der Waals surface area contributed by atoms with Crippen LogP contribution in [-0.4, -0.2) is 20.0 Å². The van der Waals surface area contributed by atoms with Gasteiger partial charge >= 0.3 is 0 Å². The molecule has 0 spiro atoms. The van der Waals surface area contributed by atoms with Crippen LogP contribution in [-0.2, 0) is 13.6 Å². The van der Waals surface area contributed by atoms with Crippen molar-refractivity contribution in [3.63, 3.8) is 0 Å². The first kappa shape index (κ1) is 10.5. The number of hydrogen-bond acceptors (Lipinski definition) is 4. The van der Waals surface area contributed by atoms with Gasteiger partial charge in [0.05, 0.1) is 17.6 Å². The molecule has 6 nitrogen and oxygen atoms in total. The Morgan fingerprint density at radius 1 is 1.50 bits per heavy atom. The second kappa shape index (κ2) is 3.88. The van der Waals surface area contributed by atoms with Gasteiger partial charge in [-0.15, -0.1) is 0 Å². The molecule has 2 aromatic rings. The van der Waals surface area contributed by atoms with Gasteiger partial charge < -0.3 is 11.1 Å². The van der Waals surface area contributed by atoms with E-state index in [0.29, 0.717) is 12.2 Å². The molecule has 0 radical (unpaired) electrons. The lowest BCUT2D eigenvalue weighted by Gasteiger charge is -2.06. The Morgan fingerprint density at radius 2 is 2.25 bits per heavy atom. The average Bonchev–Trinajstić information content (AvgIpc) is 2.72. The molecule has 0 atom stereocenters. The number of nitrogens with two attached hydrogens (primary N) is 1. The quantitative estimate of drug-likeness (QED) is 0.719. The summed E-state index contributed by atoms with van der Waals surface area (Å²) in [7, 11) is 1.87. The highest BCUT2D eigenvalue weighted by molar-refractivity contribution is 5.64. The molecule has 2 rings (SSSR count). The molecule has 0 saturated carbocycles. The molecule has 2 aromatic heterocycles. The second-order valence-electron chi connectivity index (χ2n) is 3.85. The molecule has 4 N–H and O–H groups in total. The predicted octanol–water partition coefficient (Wildman–Crippen LogP) is 0.954. The summed E-state index contributed by atoms with van der Waals surface area (Å²) in [6.07, 6.45) is 1.81. The number of nitrogen functional groups attached to an aromatic ring is 1. The third-order valence-corrected chi connectivity index (χ3v) is 2.65. The summed E-state index contributed by atoms with van der Waals surface area (Å²) < 4.78 is 1.75. The number of hydrogen-bond donors (Lipinski definition) is 3. The van der Waals surface area contributed by atoms with E-state index in [1.165, 1.54) is 0 Å². The van der Waals surface area contributed by atoms with Gasteiger partial charge in [-0.1, -0.05) is 0 Å². The third-order valence-electron chi connectivity index (χ3n) is 2.65. The van der Waals surface area contributed by atoms with Gasteiger partial charge in [0.2, 0.25) is 0 Å². The first-order valence-corrected chi connectivity index (χ1v) is 5.11. The Balaban J connectivity index is 2.13. The maximum absolute atomic E-state index is 5.91. The van der Waals surface area contributed by atoms with E-state index >= 15 is 0 Å². The van der Waals surface area contributed by atoms with Crippen LogP contribution in [0.15, 0.2) is 6.20 Å². The number of aryl methyl sites for hydroxylation is 3. The van der Waals surface area contributed by atoms with Crippen molar-refractivity contribution in [1.29, 1.82) is 0 Å². The van der Waals surface area contributed by atoms with Crippen molar-refractivity contribution in [2.75, 3.05) is 11.1 Å². The number of nitrogens with one attached hydrogen (secondary N) is 2. The molecule has 0 bridgehead atoms. The standard InChI is InChI=1S/C10H16N6/c1-6-8(5-13-14-6)4-12-10-9(11)7(2)15-16(10)3/h5,12H,4,11H2,1-3H3,(H,13,14). The zero-order valence-corrected chi connectivity index (χ0v) is 9.70. The van der Waals surface area contributed by atoms with Gasteiger partial charge in [0.15, 0.2) is 0 Å². The van der Waals surface area contributed by atoms with Crippen LogP contribution < -0.4 is 11.1 Å². The van der Waals surface area contributed by atoms with Gasteiger partial charge in [-0.3, -0.25) is 9.78 Å². The fraction of sp³-hybridized carbons (Fsp3) is 0.400. The largest absolute Gasteiger partial charge is 0.394 e. The molecule has 0 unspecified atom stereocenters. The molecule has 0 aliphatic heterocycles. The van der Waals surface area contributed by atoms with Crippen molar-refractivity contribution >= 4 is 11.5 Å². The van der Waals surface area contributed by atoms with Crippen molar-refractivity contribution in [3.8, 4) is 0 Å². The monoisotopic (exact) mass is 220 g/mol. The van der Waals surface area contributed by atoms with E-state index in [4.69, 9.17) is 5.73 Å². The van der Waals surface area contributed by atoms with E-state index in [-0.39, 0.29) is 0 Å². The Kier molecular flexibility index (Phi) is 2.55.